The molecule has 106 valence electrons. The zero-order valence-corrected chi connectivity index (χ0v) is 12.1. The van der Waals surface area contributed by atoms with Crippen LogP contribution in [0.25, 0.3) is 0 Å². The lowest BCUT2D eigenvalue weighted by molar-refractivity contribution is -0.141. The van der Waals surface area contributed by atoms with E-state index < -0.39 is 0 Å². The minimum Gasteiger partial charge on any atom is -0.465 e. The molecule has 0 atom stereocenters. The first-order chi connectivity index (χ1) is 9.71. The molecule has 0 N–H and O–H groups in total. The van der Waals surface area contributed by atoms with Gasteiger partial charge in [-0.3, -0.25) is 19.6 Å². The SMILES string of the molecule is C=CS/C(=N\CC(=O)OCC)C1=CCN=C(C=O)C=C1. The largest absolute Gasteiger partial charge is 0.465 e. The number of carbonyl (C=O) groups is 2. The van der Waals surface area contributed by atoms with Crippen LogP contribution in [0.4, 0.5) is 0 Å². The standard InChI is InChI=1S/C14H16N2O3S/c1-3-19-13(18)9-16-14(20-4-2)11-5-6-12(10-17)15-8-7-11/h4-7,10H,2-3,8-9H2,1H3/b16-14-. The van der Waals surface area contributed by atoms with Crippen molar-refractivity contribution in [3.05, 3.63) is 35.8 Å². The first-order valence-corrected chi connectivity index (χ1v) is 6.95. The van der Waals surface area contributed by atoms with Crippen molar-refractivity contribution < 1.29 is 14.3 Å². The van der Waals surface area contributed by atoms with E-state index in [1.54, 1.807) is 24.5 Å². The quantitative estimate of drug-likeness (QED) is 0.325. The first-order valence-electron chi connectivity index (χ1n) is 6.07. The van der Waals surface area contributed by atoms with Crippen molar-refractivity contribution in [2.75, 3.05) is 19.7 Å². The molecule has 0 amide bonds. The highest BCUT2D eigenvalue weighted by Gasteiger charge is 2.08. The molecule has 0 aromatic heterocycles. The van der Waals surface area contributed by atoms with Crippen LogP contribution in [0, 0.1) is 0 Å². The van der Waals surface area contributed by atoms with E-state index in [-0.39, 0.29) is 12.5 Å². The van der Waals surface area contributed by atoms with Crippen LogP contribution in [0.5, 0.6) is 0 Å². The van der Waals surface area contributed by atoms with E-state index in [1.165, 1.54) is 11.8 Å². The summed E-state index contributed by atoms with van der Waals surface area (Å²) in [4.78, 5) is 30.3. The highest BCUT2D eigenvalue weighted by molar-refractivity contribution is 8.16. The van der Waals surface area contributed by atoms with E-state index in [9.17, 15) is 9.59 Å². The number of thioether (sulfide) groups is 1. The molecule has 0 radical (unpaired) electrons. The van der Waals surface area contributed by atoms with Crippen molar-refractivity contribution in [3.8, 4) is 0 Å². The Morgan fingerprint density at radius 1 is 1.60 bits per heavy atom. The number of nitrogens with zero attached hydrogens (tertiary/aromatic N) is 2. The molecule has 0 spiro atoms. The first kappa shape index (κ1) is 16.1. The van der Waals surface area contributed by atoms with Gasteiger partial charge in [-0.05, 0) is 18.4 Å². The number of hydrogen-bond acceptors (Lipinski definition) is 6. The van der Waals surface area contributed by atoms with Gasteiger partial charge in [-0.2, -0.15) is 0 Å². The molecule has 20 heavy (non-hydrogen) atoms. The average molecular weight is 292 g/mol. The Hall–Kier alpha value is -1.95. The molecule has 0 unspecified atom stereocenters. The fourth-order valence-corrected chi connectivity index (χ4v) is 1.98. The van der Waals surface area contributed by atoms with Gasteiger partial charge in [-0.25, -0.2) is 0 Å². The topological polar surface area (TPSA) is 68.1 Å². The Morgan fingerprint density at radius 3 is 3.05 bits per heavy atom. The monoisotopic (exact) mass is 292 g/mol. The molecule has 0 aromatic carbocycles. The lowest BCUT2D eigenvalue weighted by atomic mass is 10.2. The highest BCUT2D eigenvalue weighted by atomic mass is 32.2. The van der Waals surface area contributed by atoms with Gasteiger partial charge in [0.25, 0.3) is 0 Å². The highest BCUT2D eigenvalue weighted by Crippen LogP contribution is 2.16. The van der Waals surface area contributed by atoms with E-state index in [0.29, 0.717) is 30.2 Å². The Morgan fingerprint density at radius 2 is 2.40 bits per heavy atom. The molecule has 0 aliphatic carbocycles. The second kappa shape index (κ2) is 9.03. The van der Waals surface area contributed by atoms with Gasteiger partial charge < -0.3 is 4.74 Å². The van der Waals surface area contributed by atoms with Gasteiger partial charge in [-0.1, -0.05) is 30.5 Å². The van der Waals surface area contributed by atoms with Gasteiger partial charge in [0.15, 0.2) is 6.29 Å². The van der Waals surface area contributed by atoms with Crippen molar-refractivity contribution >= 4 is 34.8 Å². The van der Waals surface area contributed by atoms with E-state index in [0.717, 1.165) is 5.57 Å². The maximum atomic E-state index is 11.3. The van der Waals surface area contributed by atoms with Crippen molar-refractivity contribution in [3.63, 3.8) is 0 Å². The van der Waals surface area contributed by atoms with Crippen molar-refractivity contribution in [2.45, 2.75) is 6.92 Å². The van der Waals surface area contributed by atoms with Crippen LogP contribution in [0.15, 0.2) is 45.8 Å². The Bertz CT molecular complexity index is 505. The number of hydrogen-bond donors (Lipinski definition) is 0. The lowest BCUT2D eigenvalue weighted by Crippen LogP contribution is -2.09. The summed E-state index contributed by atoms with van der Waals surface area (Å²) in [6.07, 6.45) is 5.91. The predicted molar refractivity (Wildman–Crippen MR) is 82.3 cm³/mol. The number of ether oxygens (including phenoxy) is 1. The minimum atomic E-state index is -0.377. The van der Waals surface area contributed by atoms with Crippen molar-refractivity contribution in [2.24, 2.45) is 9.98 Å². The van der Waals surface area contributed by atoms with Gasteiger partial charge in [-0.15, -0.1) is 0 Å². The third-order valence-corrected chi connectivity index (χ3v) is 2.99. The maximum absolute atomic E-state index is 11.3. The van der Waals surface area contributed by atoms with Crippen LogP contribution in [-0.4, -0.2) is 42.7 Å². The fourth-order valence-electron chi connectivity index (χ4n) is 1.40. The number of carbonyl (C=O) groups excluding carboxylic acids is 2. The summed E-state index contributed by atoms with van der Waals surface area (Å²) in [5.74, 6) is -0.377. The summed E-state index contributed by atoms with van der Waals surface area (Å²) in [6.45, 7) is 6.07. The third-order valence-electron chi connectivity index (χ3n) is 2.24. The summed E-state index contributed by atoms with van der Waals surface area (Å²) >= 11 is 1.31. The van der Waals surface area contributed by atoms with E-state index in [4.69, 9.17) is 4.74 Å². The van der Waals surface area contributed by atoms with Gasteiger partial charge in [0.2, 0.25) is 0 Å². The van der Waals surface area contributed by atoms with Gasteiger partial charge >= 0.3 is 5.97 Å². The summed E-state index contributed by atoms with van der Waals surface area (Å²) in [7, 11) is 0. The van der Waals surface area contributed by atoms with Gasteiger partial charge in [0.1, 0.15) is 11.6 Å². The summed E-state index contributed by atoms with van der Waals surface area (Å²) in [6, 6.07) is 0. The Kier molecular flexibility index (Phi) is 7.27. The normalized spacial score (nSPS) is 14.9. The summed E-state index contributed by atoms with van der Waals surface area (Å²) in [5.41, 5.74) is 1.18. The Balaban J connectivity index is 2.83. The Labute approximate surface area is 122 Å². The summed E-state index contributed by atoms with van der Waals surface area (Å²) < 4.78 is 4.83. The van der Waals surface area contributed by atoms with Crippen LogP contribution < -0.4 is 0 Å². The molecular weight excluding hydrogens is 276 g/mol. The molecule has 0 saturated carbocycles. The average Bonchev–Trinajstić information content (AvgIpc) is 2.69. The molecule has 6 heteroatoms. The molecule has 5 nitrogen and oxygen atoms in total. The molecule has 1 heterocycles. The molecule has 1 aliphatic heterocycles. The molecule has 0 fully saturated rings. The molecule has 0 saturated heterocycles. The number of esters is 1. The zero-order valence-electron chi connectivity index (χ0n) is 11.2. The van der Waals surface area contributed by atoms with E-state index in [1.807, 2.05) is 6.08 Å². The lowest BCUT2D eigenvalue weighted by Gasteiger charge is -2.04. The fraction of sp³-hybridized carbons (Fsp3) is 0.286. The van der Waals surface area contributed by atoms with Gasteiger partial charge in [0.05, 0.1) is 18.9 Å². The number of aldehydes is 1. The molecular formula is C14H16N2O3S. The smallest absolute Gasteiger partial charge is 0.327 e. The second-order valence-corrected chi connectivity index (χ2v) is 4.54. The van der Waals surface area contributed by atoms with Crippen LogP contribution in [0.1, 0.15) is 6.92 Å². The van der Waals surface area contributed by atoms with Gasteiger partial charge in [0, 0.05) is 5.57 Å². The van der Waals surface area contributed by atoms with E-state index >= 15 is 0 Å². The summed E-state index contributed by atoms with van der Waals surface area (Å²) in [5, 5.41) is 2.28. The molecule has 1 aliphatic rings. The number of aliphatic imine (C=N–C) groups is 2. The van der Waals surface area contributed by atoms with Crippen molar-refractivity contribution in [1.29, 1.82) is 0 Å². The van der Waals surface area contributed by atoms with Crippen LogP contribution in [-0.2, 0) is 14.3 Å². The molecule has 0 bridgehead atoms. The predicted octanol–water partition coefficient (Wildman–Crippen LogP) is 1.96. The molecule has 0 aromatic rings. The number of rotatable bonds is 6. The zero-order chi connectivity index (χ0) is 14.8. The number of allylic oxidation sites excluding steroid dienone is 2. The maximum Gasteiger partial charge on any atom is 0.327 e. The van der Waals surface area contributed by atoms with Crippen LogP contribution >= 0.6 is 11.8 Å². The minimum absolute atomic E-state index is 0.0451. The third kappa shape index (κ3) is 5.36. The van der Waals surface area contributed by atoms with Crippen molar-refractivity contribution in [1.82, 2.24) is 0 Å². The molecule has 1 rings (SSSR count). The van der Waals surface area contributed by atoms with Crippen LogP contribution in [0.2, 0.25) is 0 Å². The van der Waals surface area contributed by atoms with E-state index in [2.05, 4.69) is 16.6 Å². The second-order valence-electron chi connectivity index (χ2n) is 3.59. The van der Waals surface area contributed by atoms with Crippen LogP contribution in [0.3, 0.4) is 0 Å².